The third kappa shape index (κ3) is 11.9. The largest absolute Gasteiger partial charge is 0.444 e. The SMILES string of the molecule is CN=C(NCc1cccc(NC(=O)CC(C)C)c1)NCC(C)(C)NC(=O)OC(C)(C)C. The van der Waals surface area contributed by atoms with Gasteiger partial charge in [-0.05, 0) is 58.2 Å². The van der Waals surface area contributed by atoms with Crippen LogP contribution in [0.15, 0.2) is 29.3 Å². The smallest absolute Gasteiger partial charge is 0.408 e. The lowest BCUT2D eigenvalue weighted by atomic mass is 10.1. The maximum Gasteiger partial charge on any atom is 0.408 e. The third-order valence-electron chi connectivity index (χ3n) is 4.03. The van der Waals surface area contributed by atoms with Crippen molar-refractivity contribution >= 4 is 23.6 Å². The van der Waals surface area contributed by atoms with E-state index in [0.717, 1.165) is 11.3 Å². The Kier molecular flexibility index (Phi) is 9.81. The minimum atomic E-state index is -0.548. The average Bonchev–Trinajstić information content (AvgIpc) is 2.59. The molecule has 0 heterocycles. The molecule has 31 heavy (non-hydrogen) atoms. The van der Waals surface area contributed by atoms with Crippen molar-refractivity contribution in [3.8, 4) is 0 Å². The fourth-order valence-electron chi connectivity index (χ4n) is 2.68. The first-order chi connectivity index (χ1) is 14.3. The van der Waals surface area contributed by atoms with Crippen molar-refractivity contribution in [2.24, 2.45) is 10.9 Å². The first-order valence-electron chi connectivity index (χ1n) is 10.6. The monoisotopic (exact) mass is 433 g/mol. The Bertz CT molecular complexity index is 767. The molecule has 0 aliphatic heterocycles. The predicted molar refractivity (Wildman–Crippen MR) is 126 cm³/mol. The van der Waals surface area contributed by atoms with Gasteiger partial charge in [-0.3, -0.25) is 9.79 Å². The molecule has 4 N–H and O–H groups in total. The fraction of sp³-hybridized carbons (Fsp3) is 0.609. The molecule has 0 unspecified atom stereocenters. The molecule has 8 heteroatoms. The van der Waals surface area contributed by atoms with Crippen LogP contribution in [0.4, 0.5) is 10.5 Å². The van der Waals surface area contributed by atoms with E-state index in [-0.39, 0.29) is 5.91 Å². The van der Waals surface area contributed by atoms with Crippen LogP contribution in [0.1, 0.15) is 60.5 Å². The summed E-state index contributed by atoms with van der Waals surface area (Å²) in [5.74, 6) is 0.930. The Balaban J connectivity index is 2.56. The second-order valence-corrected chi connectivity index (χ2v) is 9.64. The van der Waals surface area contributed by atoms with E-state index in [9.17, 15) is 9.59 Å². The quantitative estimate of drug-likeness (QED) is 0.370. The van der Waals surface area contributed by atoms with E-state index in [1.165, 1.54) is 0 Å². The molecule has 0 aliphatic carbocycles. The predicted octanol–water partition coefficient (Wildman–Crippen LogP) is 3.64. The molecule has 1 aromatic carbocycles. The zero-order valence-corrected chi connectivity index (χ0v) is 20.2. The highest BCUT2D eigenvalue weighted by molar-refractivity contribution is 5.90. The maximum absolute atomic E-state index is 12.0. The number of rotatable bonds is 8. The van der Waals surface area contributed by atoms with Crippen LogP contribution in [0.5, 0.6) is 0 Å². The Morgan fingerprint density at radius 2 is 1.77 bits per heavy atom. The van der Waals surface area contributed by atoms with E-state index < -0.39 is 17.2 Å². The van der Waals surface area contributed by atoms with E-state index in [0.29, 0.717) is 31.4 Å². The molecule has 2 amide bonds. The highest BCUT2D eigenvalue weighted by Gasteiger charge is 2.24. The number of alkyl carbamates (subject to hydrolysis) is 1. The number of amides is 2. The lowest BCUT2D eigenvalue weighted by Crippen LogP contribution is -2.54. The van der Waals surface area contributed by atoms with Gasteiger partial charge >= 0.3 is 6.09 Å². The molecule has 0 spiro atoms. The van der Waals surface area contributed by atoms with Crippen molar-refractivity contribution in [1.82, 2.24) is 16.0 Å². The van der Waals surface area contributed by atoms with Gasteiger partial charge in [0.1, 0.15) is 5.60 Å². The molecule has 0 bridgehead atoms. The number of aliphatic imine (C=N–C) groups is 1. The third-order valence-corrected chi connectivity index (χ3v) is 4.03. The van der Waals surface area contributed by atoms with Gasteiger partial charge in [-0.1, -0.05) is 26.0 Å². The number of nitrogens with one attached hydrogen (secondary N) is 4. The molecular formula is C23H39N5O3. The number of ether oxygens (including phenoxy) is 1. The van der Waals surface area contributed by atoms with Crippen molar-refractivity contribution in [1.29, 1.82) is 0 Å². The standard InChI is InChI=1S/C23H39N5O3/c1-16(2)12-19(29)27-18-11-9-10-17(13-18)14-25-20(24-8)26-15-23(6,7)28-21(30)31-22(3,4)5/h9-11,13,16H,12,14-15H2,1-8H3,(H,27,29)(H,28,30)(H2,24,25,26). The summed E-state index contributed by atoms with van der Waals surface area (Å²) in [5.41, 5.74) is 0.696. The highest BCUT2D eigenvalue weighted by atomic mass is 16.6. The summed E-state index contributed by atoms with van der Waals surface area (Å²) in [6.45, 7) is 14.3. The first kappa shape index (κ1) is 26.3. The van der Waals surface area contributed by atoms with Crippen molar-refractivity contribution < 1.29 is 14.3 Å². The normalized spacial score (nSPS) is 12.4. The number of hydrogen-bond acceptors (Lipinski definition) is 4. The van der Waals surface area contributed by atoms with Gasteiger partial charge in [0.05, 0.1) is 5.54 Å². The summed E-state index contributed by atoms with van der Waals surface area (Å²) in [7, 11) is 1.69. The van der Waals surface area contributed by atoms with Gasteiger partial charge in [-0.15, -0.1) is 0 Å². The summed E-state index contributed by atoms with van der Waals surface area (Å²) in [4.78, 5) is 28.2. The summed E-state index contributed by atoms with van der Waals surface area (Å²) in [5, 5.41) is 12.2. The number of hydrogen-bond donors (Lipinski definition) is 4. The molecule has 0 aliphatic rings. The number of nitrogens with zero attached hydrogens (tertiary/aromatic N) is 1. The van der Waals surface area contributed by atoms with E-state index in [1.807, 2.05) is 72.7 Å². The fourth-order valence-corrected chi connectivity index (χ4v) is 2.68. The number of anilines is 1. The minimum absolute atomic E-state index is 0.0114. The number of guanidine groups is 1. The molecule has 8 nitrogen and oxygen atoms in total. The average molecular weight is 434 g/mol. The molecule has 0 aromatic heterocycles. The second kappa shape index (κ2) is 11.6. The van der Waals surface area contributed by atoms with E-state index >= 15 is 0 Å². The molecule has 1 aromatic rings. The van der Waals surface area contributed by atoms with Crippen LogP contribution in [-0.4, -0.2) is 42.7 Å². The summed E-state index contributed by atoms with van der Waals surface area (Å²) < 4.78 is 5.32. The molecular weight excluding hydrogens is 394 g/mol. The van der Waals surface area contributed by atoms with Gasteiger partial charge in [0.2, 0.25) is 5.91 Å². The Morgan fingerprint density at radius 3 is 2.35 bits per heavy atom. The molecule has 0 fully saturated rings. The van der Waals surface area contributed by atoms with E-state index in [4.69, 9.17) is 4.74 Å². The molecule has 0 radical (unpaired) electrons. The van der Waals surface area contributed by atoms with Crippen LogP contribution in [0.25, 0.3) is 0 Å². The molecule has 0 atom stereocenters. The van der Waals surface area contributed by atoms with Crippen molar-refractivity contribution in [3.05, 3.63) is 29.8 Å². The van der Waals surface area contributed by atoms with Gasteiger partial charge < -0.3 is 26.0 Å². The van der Waals surface area contributed by atoms with E-state index in [2.05, 4.69) is 26.3 Å². The molecule has 0 saturated heterocycles. The topological polar surface area (TPSA) is 104 Å². The van der Waals surface area contributed by atoms with Crippen molar-refractivity contribution in [2.75, 3.05) is 18.9 Å². The van der Waals surface area contributed by atoms with Crippen LogP contribution in [0, 0.1) is 5.92 Å². The molecule has 1 rings (SSSR count). The zero-order chi connectivity index (χ0) is 23.7. The lowest BCUT2D eigenvalue weighted by molar-refractivity contribution is -0.116. The highest BCUT2D eigenvalue weighted by Crippen LogP contribution is 2.12. The molecule has 174 valence electrons. The Labute approximate surface area is 186 Å². The van der Waals surface area contributed by atoms with E-state index in [1.54, 1.807) is 7.05 Å². The van der Waals surface area contributed by atoms with Gasteiger partial charge in [0.25, 0.3) is 0 Å². The Morgan fingerprint density at radius 1 is 1.10 bits per heavy atom. The second-order valence-electron chi connectivity index (χ2n) is 9.64. The van der Waals surface area contributed by atoms with Gasteiger partial charge in [-0.2, -0.15) is 0 Å². The van der Waals surface area contributed by atoms with Crippen LogP contribution < -0.4 is 21.3 Å². The number of carbonyl (C=O) groups is 2. The zero-order valence-electron chi connectivity index (χ0n) is 20.2. The molecule has 0 saturated carbocycles. The number of benzene rings is 1. The minimum Gasteiger partial charge on any atom is -0.444 e. The van der Waals surface area contributed by atoms with Gasteiger partial charge in [0, 0.05) is 32.2 Å². The summed E-state index contributed by atoms with van der Waals surface area (Å²) in [6, 6.07) is 7.70. The van der Waals surface area contributed by atoms with Gasteiger partial charge in [-0.25, -0.2) is 4.79 Å². The number of carbonyl (C=O) groups excluding carboxylic acids is 2. The first-order valence-corrected chi connectivity index (χ1v) is 10.6. The summed E-state index contributed by atoms with van der Waals surface area (Å²) in [6.07, 6.45) is 0.0326. The summed E-state index contributed by atoms with van der Waals surface area (Å²) >= 11 is 0. The Hall–Kier alpha value is -2.77. The van der Waals surface area contributed by atoms with Crippen LogP contribution in [0.2, 0.25) is 0 Å². The van der Waals surface area contributed by atoms with Crippen LogP contribution in [0.3, 0.4) is 0 Å². The lowest BCUT2D eigenvalue weighted by Gasteiger charge is -2.29. The van der Waals surface area contributed by atoms with Gasteiger partial charge in [0.15, 0.2) is 5.96 Å². The maximum atomic E-state index is 12.0. The van der Waals surface area contributed by atoms with Crippen LogP contribution >= 0.6 is 0 Å². The van der Waals surface area contributed by atoms with Crippen LogP contribution in [-0.2, 0) is 16.1 Å². The van der Waals surface area contributed by atoms with Crippen molar-refractivity contribution in [2.45, 2.75) is 72.6 Å². The van der Waals surface area contributed by atoms with Crippen molar-refractivity contribution in [3.63, 3.8) is 0 Å².